The highest BCUT2D eigenvalue weighted by molar-refractivity contribution is 5.83. The van der Waals surface area contributed by atoms with Gasteiger partial charge in [-0.3, -0.25) is 4.98 Å². The summed E-state index contributed by atoms with van der Waals surface area (Å²) in [6, 6.07) is 7.26. The Balaban J connectivity index is 2.87. The Kier molecular flexibility index (Phi) is 1.69. The molecule has 0 saturated heterocycles. The van der Waals surface area contributed by atoms with Crippen molar-refractivity contribution in [2.45, 2.75) is 13.8 Å². The summed E-state index contributed by atoms with van der Waals surface area (Å²) in [7, 11) is 0. The third kappa shape index (κ3) is 1.35. The molecule has 2 nitrogen and oxygen atoms in total. The molecule has 0 bridgehead atoms. The van der Waals surface area contributed by atoms with Crippen LogP contribution in [0.5, 0.6) is 5.75 Å². The predicted molar refractivity (Wildman–Crippen MR) is 52.9 cm³/mol. The van der Waals surface area contributed by atoms with Gasteiger partial charge in [-0.2, -0.15) is 0 Å². The molecule has 0 aliphatic rings. The summed E-state index contributed by atoms with van der Waals surface area (Å²) in [5, 5.41) is 10.3. The summed E-state index contributed by atoms with van der Waals surface area (Å²) in [5.41, 5.74) is 3.10. The van der Waals surface area contributed by atoms with Gasteiger partial charge in [-0.1, -0.05) is 0 Å². The number of hydrogen-bond donors (Lipinski definition) is 1. The van der Waals surface area contributed by atoms with Crippen molar-refractivity contribution in [3.05, 3.63) is 35.5 Å². The molecule has 2 heteroatoms. The van der Waals surface area contributed by atoms with Gasteiger partial charge >= 0.3 is 0 Å². The first-order valence-corrected chi connectivity index (χ1v) is 4.24. The van der Waals surface area contributed by atoms with Crippen molar-refractivity contribution in [2.24, 2.45) is 0 Å². The fraction of sp³-hybridized carbons (Fsp3) is 0.182. The van der Waals surface area contributed by atoms with Crippen molar-refractivity contribution in [1.29, 1.82) is 0 Å². The van der Waals surface area contributed by atoms with Gasteiger partial charge in [-0.15, -0.1) is 0 Å². The zero-order chi connectivity index (χ0) is 9.42. The van der Waals surface area contributed by atoms with E-state index in [0.717, 1.165) is 22.2 Å². The van der Waals surface area contributed by atoms with Gasteiger partial charge in [0.15, 0.2) is 0 Å². The average molecular weight is 173 g/mol. The summed E-state index contributed by atoms with van der Waals surface area (Å²) in [4.78, 5) is 4.37. The number of phenols is 1. The number of aryl methyl sites for hydroxylation is 2. The van der Waals surface area contributed by atoms with Crippen LogP contribution < -0.4 is 0 Å². The molecule has 1 N–H and O–H groups in total. The Labute approximate surface area is 76.9 Å². The van der Waals surface area contributed by atoms with Crippen LogP contribution in [0.15, 0.2) is 24.3 Å². The third-order valence-corrected chi connectivity index (χ3v) is 2.13. The minimum absolute atomic E-state index is 0.293. The van der Waals surface area contributed by atoms with Gasteiger partial charge in [0.05, 0.1) is 5.52 Å². The fourth-order valence-corrected chi connectivity index (χ4v) is 1.55. The number of nitrogens with zero attached hydrogens (tertiary/aromatic N) is 1. The number of rotatable bonds is 0. The van der Waals surface area contributed by atoms with Gasteiger partial charge in [0.1, 0.15) is 5.75 Å². The van der Waals surface area contributed by atoms with Crippen molar-refractivity contribution in [3.63, 3.8) is 0 Å². The van der Waals surface area contributed by atoms with E-state index in [9.17, 15) is 5.11 Å². The van der Waals surface area contributed by atoms with E-state index in [-0.39, 0.29) is 0 Å². The van der Waals surface area contributed by atoms with Gasteiger partial charge in [0.2, 0.25) is 0 Å². The molecule has 0 unspecified atom stereocenters. The van der Waals surface area contributed by atoms with Crippen molar-refractivity contribution in [2.75, 3.05) is 0 Å². The van der Waals surface area contributed by atoms with E-state index in [1.165, 1.54) is 0 Å². The van der Waals surface area contributed by atoms with Crippen LogP contribution in [0.3, 0.4) is 0 Å². The summed E-state index contributed by atoms with van der Waals surface area (Å²) in [6.07, 6.45) is 0. The molecule has 0 atom stereocenters. The number of aromatic nitrogens is 1. The molecule has 0 aliphatic heterocycles. The normalized spacial score (nSPS) is 10.6. The zero-order valence-corrected chi connectivity index (χ0v) is 7.70. The monoisotopic (exact) mass is 173 g/mol. The number of pyridine rings is 1. The topological polar surface area (TPSA) is 33.1 Å². The quantitative estimate of drug-likeness (QED) is 0.664. The molecule has 1 heterocycles. The van der Waals surface area contributed by atoms with Gasteiger partial charge in [-0.05, 0) is 43.7 Å². The smallest absolute Gasteiger partial charge is 0.116 e. The van der Waals surface area contributed by atoms with Crippen molar-refractivity contribution in [1.82, 2.24) is 4.98 Å². The van der Waals surface area contributed by atoms with Crippen molar-refractivity contribution >= 4 is 10.9 Å². The molecular weight excluding hydrogens is 162 g/mol. The summed E-state index contributed by atoms with van der Waals surface area (Å²) in [5.74, 6) is 0.293. The first kappa shape index (κ1) is 8.05. The highest BCUT2D eigenvalue weighted by Gasteiger charge is 2.00. The fourth-order valence-electron chi connectivity index (χ4n) is 1.55. The Morgan fingerprint density at radius 3 is 2.69 bits per heavy atom. The van der Waals surface area contributed by atoms with Crippen molar-refractivity contribution < 1.29 is 5.11 Å². The van der Waals surface area contributed by atoms with Crippen LogP contribution in [0.25, 0.3) is 10.9 Å². The highest BCUT2D eigenvalue weighted by Crippen LogP contribution is 2.21. The molecule has 0 spiro atoms. The average Bonchev–Trinajstić information content (AvgIpc) is 2.06. The number of fused-ring (bicyclic) bond motifs is 1. The molecule has 0 fully saturated rings. The summed E-state index contributed by atoms with van der Waals surface area (Å²) in [6.45, 7) is 4.00. The van der Waals surface area contributed by atoms with Crippen LogP contribution in [0.2, 0.25) is 0 Å². The van der Waals surface area contributed by atoms with Crippen LogP contribution in [0.4, 0.5) is 0 Å². The Morgan fingerprint density at radius 1 is 1.15 bits per heavy atom. The molecule has 0 aliphatic carbocycles. The van der Waals surface area contributed by atoms with E-state index in [2.05, 4.69) is 4.98 Å². The lowest BCUT2D eigenvalue weighted by molar-refractivity contribution is 0.476. The SMILES string of the molecule is Cc1cc(C)c2cc(O)ccc2n1. The molecule has 1 aromatic carbocycles. The lowest BCUT2D eigenvalue weighted by Crippen LogP contribution is -1.86. The minimum Gasteiger partial charge on any atom is -0.508 e. The molecular formula is C11H11NO. The van der Waals surface area contributed by atoms with Crippen LogP contribution in [-0.4, -0.2) is 10.1 Å². The van der Waals surface area contributed by atoms with Crippen LogP contribution in [-0.2, 0) is 0 Å². The molecule has 1 aromatic heterocycles. The molecule has 0 radical (unpaired) electrons. The van der Waals surface area contributed by atoms with Crippen LogP contribution in [0, 0.1) is 13.8 Å². The second-order valence-electron chi connectivity index (χ2n) is 3.28. The van der Waals surface area contributed by atoms with E-state index in [4.69, 9.17) is 0 Å². The van der Waals surface area contributed by atoms with Crippen LogP contribution >= 0.6 is 0 Å². The van der Waals surface area contributed by atoms with Gasteiger partial charge < -0.3 is 5.11 Å². The number of benzene rings is 1. The molecule has 13 heavy (non-hydrogen) atoms. The molecule has 2 rings (SSSR count). The maximum Gasteiger partial charge on any atom is 0.116 e. The molecule has 0 saturated carbocycles. The van der Waals surface area contributed by atoms with Gasteiger partial charge in [0.25, 0.3) is 0 Å². The van der Waals surface area contributed by atoms with E-state index in [0.29, 0.717) is 5.75 Å². The number of hydrogen-bond acceptors (Lipinski definition) is 2. The lowest BCUT2D eigenvalue weighted by atomic mass is 10.1. The third-order valence-electron chi connectivity index (χ3n) is 2.13. The molecule has 0 amide bonds. The highest BCUT2D eigenvalue weighted by atomic mass is 16.3. The Morgan fingerprint density at radius 2 is 1.92 bits per heavy atom. The Hall–Kier alpha value is -1.57. The minimum atomic E-state index is 0.293. The summed E-state index contributed by atoms with van der Waals surface area (Å²) < 4.78 is 0. The predicted octanol–water partition coefficient (Wildman–Crippen LogP) is 2.56. The number of aromatic hydroxyl groups is 1. The lowest BCUT2D eigenvalue weighted by Gasteiger charge is -2.03. The zero-order valence-electron chi connectivity index (χ0n) is 7.70. The van der Waals surface area contributed by atoms with E-state index in [1.54, 1.807) is 12.1 Å². The Bertz CT molecular complexity index is 463. The standard InChI is InChI=1S/C11H11NO/c1-7-5-8(2)12-11-4-3-9(13)6-10(7)11/h3-6,13H,1-2H3. The van der Waals surface area contributed by atoms with Gasteiger partial charge in [0, 0.05) is 11.1 Å². The molecule has 2 aromatic rings. The van der Waals surface area contributed by atoms with E-state index < -0.39 is 0 Å². The van der Waals surface area contributed by atoms with E-state index in [1.807, 2.05) is 26.0 Å². The second kappa shape index (κ2) is 2.73. The summed E-state index contributed by atoms with van der Waals surface area (Å²) >= 11 is 0. The van der Waals surface area contributed by atoms with Gasteiger partial charge in [-0.25, -0.2) is 0 Å². The molecule has 66 valence electrons. The first-order chi connectivity index (χ1) is 6.16. The van der Waals surface area contributed by atoms with Crippen molar-refractivity contribution in [3.8, 4) is 5.75 Å². The maximum absolute atomic E-state index is 9.30. The largest absolute Gasteiger partial charge is 0.508 e. The maximum atomic E-state index is 9.30. The number of phenolic OH excluding ortho intramolecular Hbond substituents is 1. The first-order valence-electron chi connectivity index (χ1n) is 4.24. The second-order valence-corrected chi connectivity index (χ2v) is 3.28. The van der Waals surface area contributed by atoms with E-state index >= 15 is 0 Å². The van der Waals surface area contributed by atoms with Crippen LogP contribution in [0.1, 0.15) is 11.3 Å².